The molecule has 0 saturated heterocycles. The maximum Gasteiger partial charge on any atom is 0.242 e. The van der Waals surface area contributed by atoms with Crippen LogP contribution in [-0.2, 0) is 4.79 Å². The van der Waals surface area contributed by atoms with E-state index in [9.17, 15) is 9.90 Å². The van der Waals surface area contributed by atoms with E-state index in [1.807, 2.05) is 6.92 Å². The maximum atomic E-state index is 11.5. The molecular weight excluding hydrogens is 204 g/mol. The van der Waals surface area contributed by atoms with Crippen LogP contribution in [0, 0.1) is 23.2 Å². The Bertz CT molecular complexity index is 415. The molecule has 88 valence electrons. The fourth-order valence-electron chi connectivity index (χ4n) is 4.04. The van der Waals surface area contributed by atoms with Gasteiger partial charge in [-0.05, 0) is 24.2 Å². The van der Waals surface area contributed by atoms with Crippen LogP contribution in [0.4, 0.5) is 0 Å². The Kier molecular flexibility index (Phi) is 1.61. The predicted octanol–water partition coefficient (Wildman–Crippen LogP) is 1.21. The minimum atomic E-state index is -1.03. The van der Waals surface area contributed by atoms with Crippen LogP contribution >= 0.6 is 0 Å². The molecular formula is C12H18N2O2. The predicted molar refractivity (Wildman–Crippen MR) is 59.4 cm³/mol. The van der Waals surface area contributed by atoms with Gasteiger partial charge in [-0.1, -0.05) is 13.8 Å². The Morgan fingerprint density at radius 3 is 2.75 bits per heavy atom. The minimum Gasteiger partial charge on any atom is -0.368 e. The molecule has 0 aromatic rings. The molecule has 0 spiro atoms. The lowest BCUT2D eigenvalue weighted by atomic mass is 9.84. The summed E-state index contributed by atoms with van der Waals surface area (Å²) < 4.78 is 0. The zero-order chi connectivity index (χ0) is 11.9. The van der Waals surface area contributed by atoms with Crippen molar-refractivity contribution < 1.29 is 9.90 Å². The highest BCUT2D eigenvalue weighted by Gasteiger charge is 2.75. The van der Waals surface area contributed by atoms with Crippen molar-refractivity contribution in [2.24, 2.45) is 28.3 Å². The van der Waals surface area contributed by atoms with Crippen LogP contribution in [0.1, 0.15) is 34.1 Å². The summed E-state index contributed by atoms with van der Waals surface area (Å²) >= 11 is 0. The first kappa shape index (κ1) is 10.3. The van der Waals surface area contributed by atoms with E-state index < -0.39 is 5.72 Å². The zero-order valence-electron chi connectivity index (χ0n) is 10.2. The van der Waals surface area contributed by atoms with Gasteiger partial charge in [0.1, 0.15) is 0 Å². The Hall–Kier alpha value is -0.900. The van der Waals surface area contributed by atoms with Gasteiger partial charge in [0.25, 0.3) is 0 Å². The van der Waals surface area contributed by atoms with Crippen molar-refractivity contribution >= 4 is 11.6 Å². The highest BCUT2D eigenvalue weighted by Crippen LogP contribution is 2.73. The largest absolute Gasteiger partial charge is 0.368 e. The fraction of sp³-hybridized carbons (Fsp3) is 0.833. The molecule has 0 unspecified atom stereocenters. The number of fused-ring (bicyclic) bond motifs is 3. The normalized spacial score (nSPS) is 47.4. The molecule has 3 rings (SSSR count). The first-order valence-corrected chi connectivity index (χ1v) is 5.88. The van der Waals surface area contributed by atoms with Gasteiger partial charge >= 0.3 is 0 Å². The summed E-state index contributed by atoms with van der Waals surface area (Å²) in [4.78, 5) is 11.5. The molecule has 4 heteroatoms. The van der Waals surface area contributed by atoms with E-state index in [1.54, 1.807) is 0 Å². The van der Waals surface area contributed by atoms with Crippen molar-refractivity contribution in [3.63, 3.8) is 0 Å². The van der Waals surface area contributed by atoms with Gasteiger partial charge in [-0.25, -0.2) is 5.01 Å². The van der Waals surface area contributed by atoms with Gasteiger partial charge in [0, 0.05) is 19.1 Å². The van der Waals surface area contributed by atoms with Crippen LogP contribution in [0.5, 0.6) is 0 Å². The summed E-state index contributed by atoms with van der Waals surface area (Å²) in [6.45, 7) is 7.87. The average Bonchev–Trinajstić information content (AvgIpc) is 2.51. The lowest BCUT2D eigenvalue weighted by Gasteiger charge is -2.34. The first-order valence-electron chi connectivity index (χ1n) is 5.88. The number of rotatable bonds is 0. The molecule has 16 heavy (non-hydrogen) atoms. The number of carbonyl (C=O) groups is 1. The second-order valence-corrected chi connectivity index (χ2v) is 6.09. The molecule has 0 bridgehead atoms. The van der Waals surface area contributed by atoms with Crippen molar-refractivity contribution in [1.29, 1.82) is 0 Å². The molecule has 4 atom stereocenters. The molecule has 1 heterocycles. The van der Waals surface area contributed by atoms with Gasteiger partial charge in [0.2, 0.25) is 5.91 Å². The number of carbonyl (C=O) groups excluding carboxylic acids is 1. The standard InChI is InChI=1S/C12H18N2O2/c1-6-9-10-8(11(10,3)4)5-12(9,16)14(13-6)7(2)15/h8-10,16H,5H2,1-4H3/t8-,9+,10-,12+/m1/s1. The number of hydrazone groups is 1. The summed E-state index contributed by atoms with van der Waals surface area (Å²) in [6, 6.07) is 0. The Morgan fingerprint density at radius 1 is 1.56 bits per heavy atom. The Morgan fingerprint density at radius 2 is 2.19 bits per heavy atom. The summed E-state index contributed by atoms with van der Waals surface area (Å²) in [7, 11) is 0. The monoisotopic (exact) mass is 222 g/mol. The second-order valence-electron chi connectivity index (χ2n) is 6.09. The highest BCUT2D eigenvalue weighted by atomic mass is 16.3. The van der Waals surface area contributed by atoms with Gasteiger partial charge in [-0.3, -0.25) is 4.79 Å². The van der Waals surface area contributed by atoms with E-state index in [0.717, 1.165) is 5.71 Å². The van der Waals surface area contributed by atoms with Crippen molar-refractivity contribution in [1.82, 2.24) is 5.01 Å². The molecule has 0 aromatic carbocycles. The number of hydrogen-bond acceptors (Lipinski definition) is 3. The van der Waals surface area contributed by atoms with Crippen LogP contribution in [-0.4, -0.2) is 27.5 Å². The smallest absolute Gasteiger partial charge is 0.242 e. The van der Waals surface area contributed by atoms with Gasteiger partial charge in [-0.15, -0.1) is 0 Å². The Labute approximate surface area is 95.3 Å². The summed E-state index contributed by atoms with van der Waals surface area (Å²) in [5.74, 6) is 0.917. The molecule has 0 radical (unpaired) electrons. The van der Waals surface area contributed by atoms with Crippen molar-refractivity contribution in [2.75, 3.05) is 0 Å². The second kappa shape index (κ2) is 2.50. The van der Waals surface area contributed by atoms with Crippen LogP contribution in [0.3, 0.4) is 0 Å². The molecule has 2 aliphatic carbocycles. The zero-order valence-corrected chi connectivity index (χ0v) is 10.2. The van der Waals surface area contributed by atoms with Crippen LogP contribution in [0.15, 0.2) is 5.10 Å². The quantitative estimate of drug-likeness (QED) is 0.669. The van der Waals surface area contributed by atoms with E-state index in [4.69, 9.17) is 0 Å². The lowest BCUT2D eigenvalue weighted by Crippen LogP contribution is -2.50. The SMILES string of the molecule is CC(=O)N1N=C(C)[C@H]2[C@H]3[C@@H](C[C@]21O)C3(C)C. The van der Waals surface area contributed by atoms with Crippen molar-refractivity contribution in [2.45, 2.75) is 39.8 Å². The van der Waals surface area contributed by atoms with E-state index in [-0.39, 0.29) is 11.8 Å². The number of hydrogen-bond donors (Lipinski definition) is 1. The third-order valence-corrected chi connectivity index (χ3v) is 4.89. The topological polar surface area (TPSA) is 52.9 Å². The molecule has 2 fully saturated rings. The minimum absolute atomic E-state index is 0.0522. The van der Waals surface area contributed by atoms with E-state index >= 15 is 0 Å². The van der Waals surface area contributed by atoms with Crippen LogP contribution in [0.2, 0.25) is 0 Å². The highest BCUT2D eigenvalue weighted by molar-refractivity contribution is 5.91. The third-order valence-electron chi connectivity index (χ3n) is 4.89. The first-order chi connectivity index (χ1) is 7.30. The van der Waals surface area contributed by atoms with Crippen molar-refractivity contribution in [3.05, 3.63) is 0 Å². The van der Waals surface area contributed by atoms with Crippen LogP contribution in [0.25, 0.3) is 0 Å². The number of aliphatic hydroxyl groups is 1. The van der Waals surface area contributed by atoms with Gasteiger partial charge in [-0.2, -0.15) is 5.10 Å². The summed E-state index contributed by atoms with van der Waals surface area (Å²) in [5.41, 5.74) is 0.192. The molecule has 2 saturated carbocycles. The molecule has 1 aliphatic heterocycles. The lowest BCUT2D eigenvalue weighted by molar-refractivity contribution is -0.161. The van der Waals surface area contributed by atoms with E-state index in [1.165, 1.54) is 11.9 Å². The van der Waals surface area contributed by atoms with E-state index in [2.05, 4.69) is 18.9 Å². The maximum absolute atomic E-state index is 11.5. The Balaban J connectivity index is 1.99. The fourth-order valence-corrected chi connectivity index (χ4v) is 4.04. The van der Waals surface area contributed by atoms with Crippen LogP contribution < -0.4 is 0 Å². The van der Waals surface area contributed by atoms with Crippen molar-refractivity contribution in [3.8, 4) is 0 Å². The number of amides is 1. The number of nitrogens with zero attached hydrogens (tertiary/aromatic N) is 2. The molecule has 1 amide bonds. The summed E-state index contributed by atoms with van der Waals surface area (Å²) in [5, 5.41) is 16.2. The molecule has 4 nitrogen and oxygen atoms in total. The van der Waals surface area contributed by atoms with E-state index in [0.29, 0.717) is 23.7 Å². The van der Waals surface area contributed by atoms with Gasteiger partial charge in [0.15, 0.2) is 5.72 Å². The van der Waals surface area contributed by atoms with Gasteiger partial charge in [0.05, 0.1) is 5.92 Å². The summed E-state index contributed by atoms with van der Waals surface area (Å²) in [6.07, 6.45) is 0.676. The third kappa shape index (κ3) is 0.902. The van der Waals surface area contributed by atoms with Gasteiger partial charge < -0.3 is 5.11 Å². The molecule has 3 aliphatic rings. The average molecular weight is 222 g/mol. The molecule has 0 aromatic heterocycles. The molecule has 1 N–H and O–H groups in total.